The van der Waals surface area contributed by atoms with Gasteiger partial charge in [0.25, 0.3) is 0 Å². The third-order valence-corrected chi connectivity index (χ3v) is 7.87. The number of halogens is 1. The first-order valence-electron chi connectivity index (χ1n) is 11.8. The maximum Gasteiger partial charge on any atom is 0.214 e. The molecule has 0 bridgehead atoms. The van der Waals surface area contributed by atoms with Crippen molar-refractivity contribution in [2.75, 3.05) is 18.0 Å². The van der Waals surface area contributed by atoms with Crippen LogP contribution in [0.1, 0.15) is 51.4 Å². The van der Waals surface area contributed by atoms with E-state index in [0.29, 0.717) is 11.3 Å². The van der Waals surface area contributed by atoms with Crippen molar-refractivity contribution in [1.82, 2.24) is 20.0 Å². The molecule has 6 nitrogen and oxygen atoms in total. The van der Waals surface area contributed by atoms with E-state index in [0.717, 1.165) is 47.5 Å². The highest BCUT2D eigenvalue weighted by Crippen LogP contribution is 2.54. The number of benzene rings is 1. The summed E-state index contributed by atoms with van der Waals surface area (Å²) in [5, 5.41) is 8.91. The first-order chi connectivity index (χ1) is 15.7. The van der Waals surface area contributed by atoms with Crippen LogP contribution in [0.2, 0.25) is 0 Å². The summed E-state index contributed by atoms with van der Waals surface area (Å²) in [7, 11) is 0. The fourth-order valence-corrected chi connectivity index (χ4v) is 5.49. The van der Waals surface area contributed by atoms with Gasteiger partial charge in [0, 0.05) is 23.6 Å². The molecule has 1 aliphatic heterocycles. The number of ether oxygens (including phenoxy) is 1. The lowest BCUT2D eigenvalue weighted by atomic mass is 9.93. The molecule has 2 aromatic heterocycles. The van der Waals surface area contributed by atoms with E-state index in [2.05, 4.69) is 49.3 Å². The second kappa shape index (κ2) is 8.18. The second-order valence-corrected chi connectivity index (χ2v) is 10.5. The number of nitrogens with zero attached hydrogens (tertiary/aromatic N) is 5. The van der Waals surface area contributed by atoms with E-state index in [1.165, 1.54) is 44.2 Å². The van der Waals surface area contributed by atoms with E-state index in [1.54, 1.807) is 0 Å². The fraction of sp³-hybridized carbons (Fsp3) is 0.480. The lowest BCUT2D eigenvalue weighted by Gasteiger charge is -2.35. The molecule has 2 aliphatic carbocycles. The minimum absolute atomic E-state index is 0.290. The summed E-state index contributed by atoms with van der Waals surface area (Å²) in [6.45, 7) is 2.21. The van der Waals surface area contributed by atoms with Gasteiger partial charge >= 0.3 is 0 Å². The fourth-order valence-electron chi connectivity index (χ4n) is 5.14. The Balaban J connectivity index is 1.26. The van der Waals surface area contributed by atoms with Crippen LogP contribution in [0, 0.1) is 5.41 Å². The minimum atomic E-state index is 0.290. The van der Waals surface area contributed by atoms with Gasteiger partial charge in [-0.15, -0.1) is 5.10 Å². The van der Waals surface area contributed by atoms with Crippen LogP contribution < -0.4 is 9.64 Å². The molecule has 1 saturated heterocycles. The Morgan fingerprint density at radius 1 is 0.938 bits per heavy atom. The number of hydrogen-bond acceptors (Lipinski definition) is 5. The molecule has 0 atom stereocenters. The zero-order valence-electron chi connectivity index (χ0n) is 18.2. The molecule has 0 radical (unpaired) electrons. The summed E-state index contributed by atoms with van der Waals surface area (Å²) in [5.41, 5.74) is 4.46. The zero-order valence-corrected chi connectivity index (χ0v) is 19.8. The van der Waals surface area contributed by atoms with E-state index in [4.69, 9.17) is 9.72 Å². The zero-order chi connectivity index (χ0) is 21.5. The maximum atomic E-state index is 6.08. The first kappa shape index (κ1) is 20.2. The number of piperidine rings is 1. The minimum Gasteiger partial charge on any atom is -0.474 e. The summed E-state index contributed by atoms with van der Waals surface area (Å²) in [4.78, 5) is 7.21. The molecule has 32 heavy (non-hydrogen) atoms. The summed E-state index contributed by atoms with van der Waals surface area (Å²) in [6.07, 6.45) is 12.4. The highest BCUT2D eigenvalue weighted by molar-refractivity contribution is 9.10. The van der Waals surface area contributed by atoms with Gasteiger partial charge in [-0.3, -0.25) is 0 Å². The average molecular weight is 494 g/mol. The van der Waals surface area contributed by atoms with Gasteiger partial charge in [0.05, 0.1) is 23.3 Å². The quantitative estimate of drug-likeness (QED) is 0.449. The van der Waals surface area contributed by atoms with Crippen molar-refractivity contribution in [2.45, 2.75) is 57.5 Å². The Hall–Kier alpha value is -2.41. The largest absolute Gasteiger partial charge is 0.474 e. The topological polar surface area (TPSA) is 56.1 Å². The van der Waals surface area contributed by atoms with Crippen molar-refractivity contribution in [3.8, 4) is 23.0 Å². The summed E-state index contributed by atoms with van der Waals surface area (Å²) in [6, 6.07) is 12.3. The van der Waals surface area contributed by atoms with Crippen LogP contribution in [0.3, 0.4) is 0 Å². The third-order valence-electron chi connectivity index (χ3n) is 7.38. The Labute approximate surface area is 197 Å². The lowest BCUT2D eigenvalue weighted by Crippen LogP contribution is -2.35. The van der Waals surface area contributed by atoms with Crippen molar-refractivity contribution < 1.29 is 4.74 Å². The van der Waals surface area contributed by atoms with Gasteiger partial charge in [0.15, 0.2) is 0 Å². The Kier molecular flexibility index (Phi) is 5.17. The highest BCUT2D eigenvalue weighted by atomic mass is 79.9. The van der Waals surface area contributed by atoms with E-state index in [9.17, 15) is 0 Å². The van der Waals surface area contributed by atoms with Crippen molar-refractivity contribution in [2.24, 2.45) is 5.41 Å². The number of hydrogen-bond donors (Lipinski definition) is 0. The van der Waals surface area contributed by atoms with E-state index in [1.807, 2.05) is 29.1 Å². The molecule has 0 amide bonds. The van der Waals surface area contributed by atoms with Crippen LogP contribution in [-0.4, -0.2) is 39.2 Å². The van der Waals surface area contributed by atoms with Crippen LogP contribution in [-0.2, 0) is 0 Å². The summed E-state index contributed by atoms with van der Waals surface area (Å²) < 4.78 is 9.05. The van der Waals surface area contributed by atoms with Crippen LogP contribution in [0.15, 0.2) is 47.1 Å². The molecule has 3 aliphatic rings. The summed E-state index contributed by atoms with van der Waals surface area (Å²) >= 11 is 3.66. The second-order valence-electron chi connectivity index (χ2n) is 9.55. The van der Waals surface area contributed by atoms with Crippen LogP contribution in [0.5, 0.6) is 5.88 Å². The molecule has 1 aromatic carbocycles. The number of pyridine rings is 1. The molecule has 1 spiro atoms. The molecule has 0 N–H and O–H groups in total. The van der Waals surface area contributed by atoms with Crippen molar-refractivity contribution >= 4 is 21.6 Å². The monoisotopic (exact) mass is 493 g/mol. The molecule has 7 heteroatoms. The number of aromatic nitrogens is 4. The molecule has 0 unspecified atom stereocenters. The molecular weight excluding hydrogens is 466 g/mol. The first-order valence-corrected chi connectivity index (χ1v) is 12.6. The predicted octanol–water partition coefficient (Wildman–Crippen LogP) is 5.79. The van der Waals surface area contributed by atoms with Gasteiger partial charge in [0.1, 0.15) is 11.8 Å². The lowest BCUT2D eigenvalue weighted by molar-refractivity contribution is 0.201. The van der Waals surface area contributed by atoms with Gasteiger partial charge in [-0.25, -0.2) is 9.67 Å². The Morgan fingerprint density at radius 2 is 1.75 bits per heavy atom. The maximum absolute atomic E-state index is 6.08. The van der Waals surface area contributed by atoms with Crippen LogP contribution in [0.4, 0.5) is 5.69 Å². The Bertz CT molecular complexity index is 1110. The standard InChI is InChI=1S/C25H28BrN5O/c26-18-8-9-22(23(16-18)30-14-12-25(10-11-25)13-15-30)31-17-21(28-29-31)20-6-3-7-24(27-20)32-19-4-1-2-5-19/h3,6-9,16-17,19H,1-2,4-5,10-15H2. The molecule has 166 valence electrons. The number of anilines is 1. The van der Waals surface area contributed by atoms with Gasteiger partial charge < -0.3 is 9.64 Å². The van der Waals surface area contributed by atoms with Gasteiger partial charge in [-0.1, -0.05) is 27.2 Å². The molecule has 3 heterocycles. The van der Waals surface area contributed by atoms with Crippen molar-refractivity contribution in [3.05, 3.63) is 47.1 Å². The van der Waals surface area contributed by atoms with E-state index in [-0.39, 0.29) is 6.10 Å². The highest BCUT2D eigenvalue weighted by Gasteiger charge is 2.44. The number of rotatable bonds is 5. The molecule has 3 fully saturated rings. The molecule has 2 saturated carbocycles. The summed E-state index contributed by atoms with van der Waals surface area (Å²) in [5.74, 6) is 0.676. The molecule has 6 rings (SSSR count). The Morgan fingerprint density at radius 3 is 2.53 bits per heavy atom. The van der Waals surface area contributed by atoms with Gasteiger partial charge in [0.2, 0.25) is 5.88 Å². The SMILES string of the molecule is Brc1ccc(-n2cc(-c3cccc(OC4CCCC4)n3)nn2)c(N2CCC3(CC2)CC3)c1. The third kappa shape index (κ3) is 4.03. The van der Waals surface area contributed by atoms with E-state index < -0.39 is 0 Å². The molecular formula is C25H28BrN5O. The average Bonchev–Trinajstić information content (AvgIpc) is 3.20. The predicted molar refractivity (Wildman–Crippen MR) is 128 cm³/mol. The molecule has 3 aromatic rings. The van der Waals surface area contributed by atoms with Crippen molar-refractivity contribution in [3.63, 3.8) is 0 Å². The van der Waals surface area contributed by atoms with Crippen LogP contribution >= 0.6 is 15.9 Å². The smallest absolute Gasteiger partial charge is 0.214 e. The van der Waals surface area contributed by atoms with E-state index >= 15 is 0 Å². The van der Waals surface area contributed by atoms with Gasteiger partial charge in [-0.05, 0) is 81.0 Å². The van der Waals surface area contributed by atoms with Crippen LogP contribution in [0.25, 0.3) is 17.1 Å². The van der Waals surface area contributed by atoms with Crippen molar-refractivity contribution in [1.29, 1.82) is 0 Å². The normalized spacial score (nSPS) is 20.1. The van der Waals surface area contributed by atoms with Gasteiger partial charge in [-0.2, -0.15) is 0 Å².